The normalized spacial score (nSPS) is 11.1. The minimum Gasteiger partial charge on any atom is -0.379 e. The molecular weight excluding hydrogens is 415 g/mol. The molecule has 1 aromatic heterocycles. The average molecular weight is 443 g/mol. The molecule has 0 bridgehead atoms. The maximum Gasteiger partial charge on any atom is 0.230 e. The number of carbonyl (C=O) groups is 1. The fourth-order valence-electron chi connectivity index (χ4n) is 2.92. The monoisotopic (exact) mass is 442 g/mol. The summed E-state index contributed by atoms with van der Waals surface area (Å²) in [6.07, 6.45) is 0.963. The smallest absolute Gasteiger partial charge is 0.230 e. The van der Waals surface area contributed by atoms with Gasteiger partial charge in [-0.1, -0.05) is 42.1 Å². The summed E-state index contributed by atoms with van der Waals surface area (Å²) in [6, 6.07) is 16.1. The predicted molar refractivity (Wildman–Crippen MR) is 120 cm³/mol. The Balaban J connectivity index is 1.66. The van der Waals surface area contributed by atoms with E-state index in [1.165, 1.54) is 23.9 Å². The van der Waals surface area contributed by atoms with E-state index in [0.717, 1.165) is 17.5 Å². The molecule has 6 nitrogen and oxygen atoms in total. The Morgan fingerprint density at radius 1 is 1.13 bits per heavy atom. The lowest BCUT2D eigenvalue weighted by Gasteiger charge is -2.11. The number of carbonyl (C=O) groups excluding carboxylic acids is 1. The first-order valence-corrected chi connectivity index (χ1v) is 11.3. The van der Waals surface area contributed by atoms with E-state index in [1.54, 1.807) is 12.1 Å². The lowest BCUT2D eigenvalue weighted by Crippen LogP contribution is -2.27. The van der Waals surface area contributed by atoms with Crippen LogP contribution in [0.25, 0.3) is 11.4 Å². The van der Waals surface area contributed by atoms with E-state index in [-0.39, 0.29) is 23.6 Å². The van der Waals surface area contributed by atoms with Crippen LogP contribution < -0.4 is 5.32 Å². The highest BCUT2D eigenvalue weighted by Crippen LogP contribution is 2.25. The fourth-order valence-corrected chi connectivity index (χ4v) is 3.68. The molecule has 164 valence electrons. The number of nitrogens with one attached hydrogen (secondary N) is 1. The fraction of sp³-hybridized carbons (Fsp3) is 0.348. The summed E-state index contributed by atoms with van der Waals surface area (Å²) >= 11 is 1.33. The van der Waals surface area contributed by atoms with E-state index >= 15 is 0 Å². The number of rotatable bonds is 11. The van der Waals surface area contributed by atoms with Crippen molar-refractivity contribution in [2.24, 2.45) is 0 Å². The van der Waals surface area contributed by atoms with Gasteiger partial charge in [0.25, 0.3) is 0 Å². The van der Waals surface area contributed by atoms with Gasteiger partial charge in [-0.15, -0.1) is 10.2 Å². The largest absolute Gasteiger partial charge is 0.379 e. The Labute approximate surface area is 186 Å². The second kappa shape index (κ2) is 11.6. The van der Waals surface area contributed by atoms with Crippen molar-refractivity contribution in [1.29, 1.82) is 0 Å². The standard InChI is InChI=1S/C23H27FN4O2S/c1-17(2)30-14-6-13-25-21(29)16-31-23-27-26-22(19-9-11-20(24)12-10-19)28(23)15-18-7-4-3-5-8-18/h3-5,7-12,17H,6,13-16H2,1-2H3,(H,25,29). The Morgan fingerprint density at radius 3 is 2.58 bits per heavy atom. The van der Waals surface area contributed by atoms with Crippen molar-refractivity contribution >= 4 is 17.7 Å². The third-order valence-electron chi connectivity index (χ3n) is 4.43. The first kappa shape index (κ1) is 23.0. The van der Waals surface area contributed by atoms with Crippen molar-refractivity contribution in [1.82, 2.24) is 20.1 Å². The third kappa shape index (κ3) is 7.18. The number of benzene rings is 2. The van der Waals surface area contributed by atoms with E-state index in [1.807, 2.05) is 48.7 Å². The lowest BCUT2D eigenvalue weighted by molar-refractivity contribution is -0.118. The predicted octanol–water partition coefficient (Wildman–Crippen LogP) is 4.16. The molecule has 2 aromatic carbocycles. The summed E-state index contributed by atoms with van der Waals surface area (Å²) < 4.78 is 20.8. The van der Waals surface area contributed by atoms with Crippen LogP contribution in [0, 0.1) is 5.82 Å². The second-order valence-corrected chi connectivity index (χ2v) is 8.24. The topological polar surface area (TPSA) is 69.0 Å². The zero-order valence-corrected chi connectivity index (χ0v) is 18.6. The summed E-state index contributed by atoms with van der Waals surface area (Å²) in [5.74, 6) is 0.508. The highest BCUT2D eigenvalue weighted by atomic mass is 32.2. The SMILES string of the molecule is CC(C)OCCCNC(=O)CSc1nnc(-c2ccc(F)cc2)n1Cc1ccccc1. The van der Waals surface area contributed by atoms with Gasteiger partial charge >= 0.3 is 0 Å². The Hall–Kier alpha value is -2.71. The zero-order valence-electron chi connectivity index (χ0n) is 17.8. The molecule has 3 rings (SSSR count). The van der Waals surface area contributed by atoms with E-state index < -0.39 is 0 Å². The first-order valence-electron chi connectivity index (χ1n) is 10.3. The molecule has 0 spiro atoms. The number of aromatic nitrogens is 3. The molecule has 0 atom stereocenters. The van der Waals surface area contributed by atoms with Gasteiger partial charge in [-0.05, 0) is 50.1 Å². The van der Waals surface area contributed by atoms with Gasteiger partial charge in [-0.2, -0.15) is 0 Å². The molecule has 0 saturated heterocycles. The number of nitrogens with zero attached hydrogens (tertiary/aromatic N) is 3. The van der Waals surface area contributed by atoms with E-state index in [9.17, 15) is 9.18 Å². The van der Waals surface area contributed by atoms with Crippen LogP contribution >= 0.6 is 11.8 Å². The second-order valence-electron chi connectivity index (χ2n) is 7.30. The first-order chi connectivity index (χ1) is 15.0. The van der Waals surface area contributed by atoms with Crippen LogP contribution in [0.1, 0.15) is 25.8 Å². The Kier molecular flexibility index (Phi) is 8.61. The van der Waals surface area contributed by atoms with Crippen LogP contribution in [-0.4, -0.2) is 45.7 Å². The van der Waals surface area contributed by atoms with Gasteiger partial charge in [-0.25, -0.2) is 4.39 Å². The average Bonchev–Trinajstić information content (AvgIpc) is 3.15. The molecule has 0 fully saturated rings. The molecule has 0 radical (unpaired) electrons. The molecule has 0 saturated carbocycles. The zero-order chi connectivity index (χ0) is 22.1. The maximum atomic E-state index is 13.4. The van der Waals surface area contributed by atoms with E-state index in [4.69, 9.17) is 4.74 Å². The van der Waals surface area contributed by atoms with Crippen molar-refractivity contribution in [2.45, 2.75) is 38.1 Å². The van der Waals surface area contributed by atoms with Crippen LogP contribution in [0.2, 0.25) is 0 Å². The Bertz CT molecular complexity index is 961. The molecule has 1 amide bonds. The molecule has 0 unspecified atom stereocenters. The summed E-state index contributed by atoms with van der Waals surface area (Å²) in [5, 5.41) is 12.2. The summed E-state index contributed by atoms with van der Waals surface area (Å²) in [5.41, 5.74) is 1.86. The Morgan fingerprint density at radius 2 is 1.87 bits per heavy atom. The lowest BCUT2D eigenvalue weighted by atomic mass is 10.2. The molecule has 3 aromatic rings. The van der Waals surface area contributed by atoms with Crippen LogP contribution in [0.5, 0.6) is 0 Å². The molecule has 31 heavy (non-hydrogen) atoms. The quantitative estimate of drug-likeness (QED) is 0.357. The molecule has 0 aliphatic heterocycles. The van der Waals surface area contributed by atoms with Gasteiger partial charge in [0, 0.05) is 18.7 Å². The molecule has 0 aliphatic rings. The van der Waals surface area contributed by atoms with Gasteiger partial charge in [-0.3, -0.25) is 9.36 Å². The molecule has 1 heterocycles. The van der Waals surface area contributed by atoms with Gasteiger partial charge in [0.15, 0.2) is 11.0 Å². The maximum absolute atomic E-state index is 13.4. The summed E-state index contributed by atoms with van der Waals surface area (Å²) in [7, 11) is 0. The number of halogens is 1. The third-order valence-corrected chi connectivity index (χ3v) is 5.40. The minimum atomic E-state index is -0.303. The number of hydrogen-bond acceptors (Lipinski definition) is 5. The van der Waals surface area contributed by atoms with Crippen LogP contribution in [0.15, 0.2) is 59.8 Å². The van der Waals surface area contributed by atoms with E-state index in [0.29, 0.717) is 30.7 Å². The van der Waals surface area contributed by atoms with E-state index in [2.05, 4.69) is 15.5 Å². The van der Waals surface area contributed by atoms with Gasteiger partial charge in [0.2, 0.25) is 5.91 Å². The van der Waals surface area contributed by atoms with Gasteiger partial charge < -0.3 is 10.1 Å². The van der Waals surface area contributed by atoms with Crippen molar-refractivity contribution < 1.29 is 13.9 Å². The summed E-state index contributed by atoms with van der Waals surface area (Å²) in [4.78, 5) is 12.2. The number of ether oxygens (including phenoxy) is 1. The molecular formula is C23H27FN4O2S. The molecule has 8 heteroatoms. The molecule has 0 aliphatic carbocycles. The minimum absolute atomic E-state index is 0.0628. The van der Waals surface area contributed by atoms with Crippen LogP contribution in [0.3, 0.4) is 0 Å². The highest BCUT2D eigenvalue weighted by Gasteiger charge is 2.16. The molecule has 1 N–H and O–H groups in total. The van der Waals surface area contributed by atoms with Crippen LogP contribution in [-0.2, 0) is 16.1 Å². The van der Waals surface area contributed by atoms with Crippen molar-refractivity contribution in [2.75, 3.05) is 18.9 Å². The summed E-state index contributed by atoms with van der Waals surface area (Å²) in [6.45, 7) is 5.72. The van der Waals surface area contributed by atoms with Gasteiger partial charge in [0.1, 0.15) is 5.82 Å². The van der Waals surface area contributed by atoms with Crippen molar-refractivity contribution in [3.05, 3.63) is 66.0 Å². The van der Waals surface area contributed by atoms with Crippen molar-refractivity contribution in [3.63, 3.8) is 0 Å². The highest BCUT2D eigenvalue weighted by molar-refractivity contribution is 7.99. The number of amides is 1. The number of hydrogen-bond donors (Lipinski definition) is 1. The van der Waals surface area contributed by atoms with Gasteiger partial charge in [0.05, 0.1) is 18.4 Å². The van der Waals surface area contributed by atoms with Crippen molar-refractivity contribution in [3.8, 4) is 11.4 Å². The number of thioether (sulfide) groups is 1. The van der Waals surface area contributed by atoms with Crippen LogP contribution in [0.4, 0.5) is 4.39 Å².